The minimum absolute atomic E-state index is 0.0934. The molecule has 0 amide bonds. The number of rotatable bonds is 15. The summed E-state index contributed by atoms with van der Waals surface area (Å²) in [5.74, 6) is 1.51. The van der Waals surface area contributed by atoms with E-state index in [1.807, 2.05) is 31.2 Å². The Hall–Kier alpha value is -2.76. The number of benzene rings is 2. The fourth-order valence-corrected chi connectivity index (χ4v) is 3.80. The summed E-state index contributed by atoms with van der Waals surface area (Å²) in [7, 11) is 0. The molecule has 32 heavy (non-hydrogen) atoms. The third kappa shape index (κ3) is 7.14. The predicted molar refractivity (Wildman–Crippen MR) is 129 cm³/mol. The molecule has 0 aliphatic rings. The van der Waals surface area contributed by atoms with E-state index in [9.17, 15) is 5.11 Å². The summed E-state index contributed by atoms with van der Waals surface area (Å²) in [6.45, 7) is 5.47. The molecule has 6 heteroatoms. The van der Waals surface area contributed by atoms with Crippen LogP contribution >= 0.6 is 0 Å². The minimum atomic E-state index is 0.0934. The molecular weight excluding hydrogens is 402 g/mol. The van der Waals surface area contributed by atoms with Gasteiger partial charge in [0.05, 0.1) is 13.2 Å². The van der Waals surface area contributed by atoms with Crippen LogP contribution in [-0.4, -0.2) is 33.3 Å². The van der Waals surface area contributed by atoms with Gasteiger partial charge in [-0.3, -0.25) is 0 Å². The van der Waals surface area contributed by atoms with Gasteiger partial charge in [0, 0.05) is 12.1 Å². The van der Waals surface area contributed by atoms with Crippen LogP contribution in [0.4, 0.5) is 0 Å². The van der Waals surface area contributed by atoms with E-state index in [4.69, 9.17) is 9.47 Å². The molecule has 0 radical (unpaired) electrons. The van der Waals surface area contributed by atoms with Crippen molar-refractivity contribution in [1.82, 2.24) is 15.0 Å². The number of fused-ring (bicyclic) bond motifs is 1. The van der Waals surface area contributed by atoms with Crippen LogP contribution in [0.5, 0.6) is 17.2 Å². The molecule has 0 saturated heterocycles. The molecule has 0 unspecified atom stereocenters. The standard InChI is InChI=1S/C26H37N3O3/c1-3-5-6-7-8-9-10-11-12-13-18-32-22-15-17-25(26(30)20-22)29-27-23-16-14-21(31-4-2)19-24(23)28-29/h14-17,19-20,30H,3-13,18H2,1-2H3. The van der Waals surface area contributed by atoms with E-state index in [2.05, 4.69) is 17.1 Å². The smallest absolute Gasteiger partial charge is 0.146 e. The first kappa shape index (κ1) is 23.9. The third-order valence-corrected chi connectivity index (χ3v) is 5.59. The van der Waals surface area contributed by atoms with E-state index in [1.54, 1.807) is 12.1 Å². The molecule has 1 heterocycles. The van der Waals surface area contributed by atoms with E-state index in [0.717, 1.165) is 23.2 Å². The van der Waals surface area contributed by atoms with Crippen LogP contribution in [0.1, 0.15) is 78.1 Å². The monoisotopic (exact) mass is 439 g/mol. The zero-order valence-corrected chi connectivity index (χ0v) is 19.6. The molecule has 2 aromatic carbocycles. The molecule has 0 saturated carbocycles. The number of nitrogens with zero attached hydrogens (tertiary/aromatic N) is 3. The highest BCUT2D eigenvalue weighted by atomic mass is 16.5. The number of unbranched alkanes of at least 4 members (excludes halogenated alkanes) is 9. The molecule has 3 rings (SSSR count). The van der Waals surface area contributed by atoms with Crippen LogP contribution in [0.15, 0.2) is 36.4 Å². The van der Waals surface area contributed by atoms with Gasteiger partial charge in [-0.05, 0) is 37.6 Å². The lowest BCUT2D eigenvalue weighted by molar-refractivity contribution is 0.302. The lowest BCUT2D eigenvalue weighted by atomic mass is 10.1. The Balaban J connectivity index is 1.42. The van der Waals surface area contributed by atoms with E-state index in [0.29, 0.717) is 24.7 Å². The molecule has 0 fully saturated rings. The molecule has 0 bridgehead atoms. The topological polar surface area (TPSA) is 69.4 Å². The first-order chi connectivity index (χ1) is 15.7. The lowest BCUT2D eigenvalue weighted by Crippen LogP contribution is -2.01. The third-order valence-electron chi connectivity index (χ3n) is 5.59. The lowest BCUT2D eigenvalue weighted by Gasteiger charge is -2.09. The van der Waals surface area contributed by atoms with Crippen LogP contribution < -0.4 is 9.47 Å². The van der Waals surface area contributed by atoms with Crippen LogP contribution in [-0.2, 0) is 0 Å². The number of aromatic nitrogens is 3. The van der Waals surface area contributed by atoms with E-state index >= 15 is 0 Å². The second kappa shape index (κ2) is 12.9. The molecule has 3 aromatic rings. The average Bonchev–Trinajstić information content (AvgIpc) is 3.21. The molecule has 1 aromatic heterocycles. The Morgan fingerprint density at radius 3 is 2.03 bits per heavy atom. The van der Waals surface area contributed by atoms with Crippen molar-refractivity contribution in [2.75, 3.05) is 13.2 Å². The van der Waals surface area contributed by atoms with Crippen molar-refractivity contribution in [3.63, 3.8) is 0 Å². The summed E-state index contributed by atoms with van der Waals surface area (Å²) in [6, 6.07) is 10.9. The van der Waals surface area contributed by atoms with Crippen molar-refractivity contribution in [1.29, 1.82) is 0 Å². The highest BCUT2D eigenvalue weighted by Crippen LogP contribution is 2.27. The van der Waals surface area contributed by atoms with Crippen LogP contribution in [0.2, 0.25) is 0 Å². The molecule has 0 atom stereocenters. The van der Waals surface area contributed by atoms with Crippen molar-refractivity contribution >= 4 is 11.0 Å². The van der Waals surface area contributed by atoms with Gasteiger partial charge in [-0.2, -0.15) is 0 Å². The first-order valence-electron chi connectivity index (χ1n) is 12.2. The van der Waals surface area contributed by atoms with Crippen molar-refractivity contribution in [3.8, 4) is 22.9 Å². The Bertz CT molecular complexity index is 955. The highest BCUT2D eigenvalue weighted by Gasteiger charge is 2.11. The number of phenolic OH excluding ortho intramolecular Hbond substituents is 1. The zero-order valence-electron chi connectivity index (χ0n) is 19.6. The molecule has 1 N–H and O–H groups in total. The van der Waals surface area contributed by atoms with E-state index in [-0.39, 0.29) is 5.75 Å². The first-order valence-corrected chi connectivity index (χ1v) is 12.2. The van der Waals surface area contributed by atoms with Crippen LogP contribution in [0.25, 0.3) is 16.7 Å². The van der Waals surface area contributed by atoms with Gasteiger partial charge in [-0.25, -0.2) is 0 Å². The maximum Gasteiger partial charge on any atom is 0.146 e. The highest BCUT2D eigenvalue weighted by molar-refractivity contribution is 5.75. The molecule has 0 spiro atoms. The van der Waals surface area contributed by atoms with Crippen molar-refractivity contribution in [3.05, 3.63) is 36.4 Å². The maximum atomic E-state index is 10.5. The van der Waals surface area contributed by atoms with Gasteiger partial charge in [0.25, 0.3) is 0 Å². The Morgan fingerprint density at radius 1 is 0.719 bits per heavy atom. The average molecular weight is 440 g/mol. The van der Waals surface area contributed by atoms with Crippen LogP contribution in [0.3, 0.4) is 0 Å². The summed E-state index contributed by atoms with van der Waals surface area (Å²) in [5.41, 5.74) is 1.98. The quantitative estimate of drug-likeness (QED) is 0.263. The Labute approximate surface area is 191 Å². The Kier molecular flexibility index (Phi) is 9.66. The molecule has 0 aliphatic carbocycles. The van der Waals surface area contributed by atoms with Crippen LogP contribution in [0, 0.1) is 0 Å². The molecule has 174 valence electrons. The van der Waals surface area contributed by atoms with Crippen molar-refractivity contribution in [2.45, 2.75) is 78.1 Å². The van der Waals surface area contributed by atoms with Gasteiger partial charge in [0.15, 0.2) is 0 Å². The largest absolute Gasteiger partial charge is 0.505 e. The van der Waals surface area contributed by atoms with Gasteiger partial charge in [-0.1, -0.05) is 64.7 Å². The summed E-state index contributed by atoms with van der Waals surface area (Å²) in [5, 5.41) is 19.4. The summed E-state index contributed by atoms with van der Waals surface area (Å²) >= 11 is 0. The normalized spacial score (nSPS) is 11.2. The Morgan fingerprint density at radius 2 is 1.34 bits per heavy atom. The van der Waals surface area contributed by atoms with Gasteiger partial charge >= 0.3 is 0 Å². The molecule has 6 nitrogen and oxygen atoms in total. The van der Waals surface area contributed by atoms with Gasteiger partial charge in [0.1, 0.15) is 34.0 Å². The predicted octanol–water partition coefficient (Wildman–Crippen LogP) is 6.82. The summed E-state index contributed by atoms with van der Waals surface area (Å²) in [4.78, 5) is 1.45. The number of aromatic hydroxyl groups is 1. The second-order valence-electron chi connectivity index (χ2n) is 8.25. The van der Waals surface area contributed by atoms with E-state index < -0.39 is 0 Å². The van der Waals surface area contributed by atoms with Crippen molar-refractivity contribution in [2.24, 2.45) is 0 Å². The maximum absolute atomic E-state index is 10.5. The van der Waals surface area contributed by atoms with Gasteiger partial charge in [0.2, 0.25) is 0 Å². The SMILES string of the molecule is CCCCCCCCCCCCOc1ccc(-n2nc3ccc(OCC)cc3n2)c(O)c1. The number of hydrogen-bond donors (Lipinski definition) is 1. The molecule has 0 aliphatic heterocycles. The summed E-state index contributed by atoms with van der Waals surface area (Å²) in [6.07, 6.45) is 13.0. The second-order valence-corrected chi connectivity index (χ2v) is 8.25. The van der Waals surface area contributed by atoms with E-state index in [1.165, 1.54) is 62.6 Å². The minimum Gasteiger partial charge on any atom is -0.505 e. The van der Waals surface area contributed by atoms with Gasteiger partial charge in [-0.15, -0.1) is 15.0 Å². The zero-order chi connectivity index (χ0) is 22.6. The van der Waals surface area contributed by atoms with Gasteiger partial charge < -0.3 is 14.6 Å². The number of ether oxygens (including phenoxy) is 2. The number of phenols is 1. The fraction of sp³-hybridized carbons (Fsp3) is 0.538. The number of hydrogen-bond acceptors (Lipinski definition) is 5. The van der Waals surface area contributed by atoms with Crippen molar-refractivity contribution < 1.29 is 14.6 Å². The summed E-state index contributed by atoms with van der Waals surface area (Å²) < 4.78 is 11.3. The fourth-order valence-electron chi connectivity index (χ4n) is 3.80. The molecular formula is C26H37N3O3.